The topological polar surface area (TPSA) is 83.6 Å². The molecule has 2 rings (SSSR count). The summed E-state index contributed by atoms with van der Waals surface area (Å²) in [4.78, 5) is 25.3. The third-order valence-electron chi connectivity index (χ3n) is 3.86. The maximum absolute atomic E-state index is 12.1. The normalized spacial score (nSPS) is 19.0. The molecular weight excluding hydrogens is 375 g/mol. The van der Waals surface area contributed by atoms with Crippen LogP contribution in [0.5, 0.6) is 0 Å². The maximum atomic E-state index is 12.1. The fourth-order valence-electron chi connectivity index (χ4n) is 2.66. The molecule has 0 saturated carbocycles. The fourth-order valence-corrected chi connectivity index (χ4v) is 4.88. The van der Waals surface area contributed by atoms with Crippen molar-refractivity contribution in [2.45, 2.75) is 25.8 Å². The van der Waals surface area contributed by atoms with Crippen molar-refractivity contribution in [3.8, 4) is 0 Å². The summed E-state index contributed by atoms with van der Waals surface area (Å²) in [6, 6.07) is 4.50. The molecule has 1 fully saturated rings. The molecule has 1 atom stereocenters. The second-order valence-electron chi connectivity index (χ2n) is 5.66. The second kappa shape index (κ2) is 7.72. The number of carbonyl (C=O) groups excluding carboxylic acids is 2. The average Bonchev–Trinajstić information content (AvgIpc) is 2.83. The van der Waals surface area contributed by atoms with Crippen LogP contribution in [-0.4, -0.2) is 49.2 Å². The summed E-state index contributed by atoms with van der Waals surface area (Å²) < 4.78 is 23.2. The first-order chi connectivity index (χ1) is 11.2. The first kappa shape index (κ1) is 19.0. The largest absolute Gasteiger partial charge is 0.338 e. The van der Waals surface area contributed by atoms with E-state index >= 15 is 0 Å². The van der Waals surface area contributed by atoms with Crippen LogP contribution in [0.1, 0.15) is 19.8 Å². The Morgan fingerprint density at radius 1 is 1.29 bits per heavy atom. The molecule has 1 heterocycles. The number of nitrogens with one attached hydrogen (secondary N) is 1. The minimum Gasteiger partial charge on any atom is -0.338 e. The Labute approximate surface area is 151 Å². The van der Waals surface area contributed by atoms with Gasteiger partial charge in [0, 0.05) is 25.9 Å². The molecule has 1 aliphatic heterocycles. The number of carbonyl (C=O) groups is 2. The predicted molar refractivity (Wildman–Crippen MR) is 94.2 cm³/mol. The van der Waals surface area contributed by atoms with E-state index in [0.717, 1.165) is 0 Å². The van der Waals surface area contributed by atoms with Gasteiger partial charge >= 0.3 is 0 Å². The number of para-hydroxylation sites is 1. The second-order valence-corrected chi connectivity index (χ2v) is 8.71. The van der Waals surface area contributed by atoms with Gasteiger partial charge in [-0.3, -0.25) is 9.59 Å². The van der Waals surface area contributed by atoms with Crippen LogP contribution in [0.4, 0.5) is 5.69 Å². The summed E-state index contributed by atoms with van der Waals surface area (Å²) in [5.74, 6) is -0.578. The molecule has 1 aromatic rings. The minimum absolute atomic E-state index is 0.0255. The van der Waals surface area contributed by atoms with Crippen molar-refractivity contribution in [2.75, 3.05) is 23.4 Å². The Morgan fingerprint density at radius 2 is 1.92 bits per heavy atom. The summed E-state index contributed by atoms with van der Waals surface area (Å²) in [5.41, 5.74) is 0.323. The number of nitrogens with zero attached hydrogens (tertiary/aromatic N) is 1. The van der Waals surface area contributed by atoms with Crippen molar-refractivity contribution in [3.05, 3.63) is 28.2 Å². The van der Waals surface area contributed by atoms with E-state index in [1.807, 2.05) is 0 Å². The molecule has 0 radical (unpaired) electrons. The van der Waals surface area contributed by atoms with Gasteiger partial charge in [0.15, 0.2) is 9.84 Å². The third kappa shape index (κ3) is 4.84. The minimum atomic E-state index is -3.10. The predicted octanol–water partition coefficient (Wildman–Crippen LogP) is 2.36. The van der Waals surface area contributed by atoms with Crippen LogP contribution in [0.3, 0.4) is 0 Å². The standard InChI is InChI=1S/C15H18Cl2N2O4S/c1-10(20)19(11-6-8-24(22,23)9-11)7-5-14(21)18-15-12(16)3-2-4-13(15)17/h2-4,11H,5-9H2,1H3,(H,18,21). The summed E-state index contributed by atoms with van der Waals surface area (Å²) >= 11 is 12.0. The van der Waals surface area contributed by atoms with Crippen LogP contribution >= 0.6 is 23.2 Å². The lowest BCUT2D eigenvalue weighted by Gasteiger charge is -2.26. The monoisotopic (exact) mass is 392 g/mol. The number of halogens is 2. The van der Waals surface area contributed by atoms with Gasteiger partial charge in [-0.15, -0.1) is 0 Å². The number of hydrogen-bond donors (Lipinski definition) is 1. The van der Waals surface area contributed by atoms with Crippen LogP contribution in [0.15, 0.2) is 18.2 Å². The van der Waals surface area contributed by atoms with Crippen LogP contribution in [0, 0.1) is 0 Å². The number of anilines is 1. The molecule has 1 unspecified atom stereocenters. The number of sulfone groups is 1. The summed E-state index contributed by atoms with van der Waals surface area (Å²) in [5, 5.41) is 3.26. The average molecular weight is 393 g/mol. The van der Waals surface area contributed by atoms with E-state index in [9.17, 15) is 18.0 Å². The molecule has 0 aromatic heterocycles. The highest BCUT2D eigenvalue weighted by Gasteiger charge is 2.33. The van der Waals surface area contributed by atoms with E-state index in [-0.39, 0.29) is 42.3 Å². The summed E-state index contributed by atoms with van der Waals surface area (Å²) in [6.07, 6.45) is 0.428. The van der Waals surface area contributed by atoms with E-state index in [0.29, 0.717) is 22.2 Å². The molecular formula is C15H18Cl2N2O4S. The van der Waals surface area contributed by atoms with Crippen molar-refractivity contribution < 1.29 is 18.0 Å². The molecule has 0 bridgehead atoms. The van der Waals surface area contributed by atoms with Gasteiger partial charge < -0.3 is 10.2 Å². The van der Waals surface area contributed by atoms with Gasteiger partial charge in [0.05, 0.1) is 27.2 Å². The van der Waals surface area contributed by atoms with Gasteiger partial charge in [0.2, 0.25) is 11.8 Å². The van der Waals surface area contributed by atoms with Crippen molar-refractivity contribution in [2.24, 2.45) is 0 Å². The van der Waals surface area contributed by atoms with Crippen molar-refractivity contribution in [3.63, 3.8) is 0 Å². The van der Waals surface area contributed by atoms with E-state index in [2.05, 4.69) is 5.32 Å². The van der Waals surface area contributed by atoms with E-state index in [1.54, 1.807) is 18.2 Å². The lowest BCUT2D eigenvalue weighted by molar-refractivity contribution is -0.131. The quantitative estimate of drug-likeness (QED) is 0.833. The van der Waals surface area contributed by atoms with Crippen LogP contribution in [0.25, 0.3) is 0 Å². The zero-order chi connectivity index (χ0) is 17.9. The molecule has 1 aliphatic rings. The lowest BCUT2D eigenvalue weighted by atomic mass is 10.2. The van der Waals surface area contributed by atoms with E-state index in [1.165, 1.54) is 11.8 Å². The number of amides is 2. The number of benzene rings is 1. The molecule has 0 spiro atoms. The summed E-state index contributed by atoms with van der Waals surface area (Å²) in [7, 11) is -3.10. The smallest absolute Gasteiger partial charge is 0.226 e. The van der Waals surface area contributed by atoms with Gasteiger partial charge in [-0.25, -0.2) is 8.42 Å². The Kier molecular flexibility index (Phi) is 6.11. The first-order valence-corrected chi connectivity index (χ1v) is 9.99. The molecule has 0 aliphatic carbocycles. The first-order valence-electron chi connectivity index (χ1n) is 7.41. The molecule has 9 heteroatoms. The Hall–Kier alpha value is -1.31. The molecule has 24 heavy (non-hydrogen) atoms. The van der Waals surface area contributed by atoms with Crippen LogP contribution in [-0.2, 0) is 19.4 Å². The van der Waals surface area contributed by atoms with Gasteiger partial charge in [0.25, 0.3) is 0 Å². The fraction of sp³-hybridized carbons (Fsp3) is 0.467. The lowest BCUT2D eigenvalue weighted by Crippen LogP contribution is -2.41. The third-order valence-corrected chi connectivity index (χ3v) is 6.24. The molecule has 6 nitrogen and oxygen atoms in total. The van der Waals surface area contributed by atoms with Gasteiger partial charge in [-0.2, -0.15) is 0 Å². The Morgan fingerprint density at radius 3 is 2.42 bits per heavy atom. The van der Waals surface area contributed by atoms with Gasteiger partial charge in [0.1, 0.15) is 0 Å². The molecule has 2 amide bonds. The maximum Gasteiger partial charge on any atom is 0.226 e. The van der Waals surface area contributed by atoms with Crippen LogP contribution < -0.4 is 5.32 Å². The molecule has 1 N–H and O–H groups in total. The molecule has 132 valence electrons. The SMILES string of the molecule is CC(=O)N(CCC(=O)Nc1c(Cl)cccc1Cl)C1CCS(=O)(=O)C1. The van der Waals surface area contributed by atoms with Gasteiger partial charge in [-0.05, 0) is 18.6 Å². The number of rotatable bonds is 5. The van der Waals surface area contributed by atoms with Crippen molar-refractivity contribution in [1.29, 1.82) is 0 Å². The zero-order valence-electron chi connectivity index (χ0n) is 13.1. The molecule has 1 aromatic carbocycles. The highest BCUT2D eigenvalue weighted by molar-refractivity contribution is 7.91. The highest BCUT2D eigenvalue weighted by atomic mass is 35.5. The van der Waals surface area contributed by atoms with E-state index in [4.69, 9.17) is 23.2 Å². The van der Waals surface area contributed by atoms with Crippen LogP contribution in [0.2, 0.25) is 10.0 Å². The Balaban J connectivity index is 1.97. The molecule has 1 saturated heterocycles. The highest BCUT2D eigenvalue weighted by Crippen LogP contribution is 2.29. The number of hydrogen-bond acceptors (Lipinski definition) is 4. The Bertz CT molecular complexity index is 732. The van der Waals surface area contributed by atoms with Crippen molar-refractivity contribution in [1.82, 2.24) is 4.90 Å². The van der Waals surface area contributed by atoms with Gasteiger partial charge in [-0.1, -0.05) is 29.3 Å². The zero-order valence-corrected chi connectivity index (χ0v) is 15.4. The van der Waals surface area contributed by atoms with E-state index < -0.39 is 9.84 Å². The van der Waals surface area contributed by atoms with Crippen molar-refractivity contribution >= 4 is 50.5 Å². The summed E-state index contributed by atoms with van der Waals surface area (Å²) in [6.45, 7) is 1.51.